The molecule has 0 aromatic carbocycles. The molecule has 0 aliphatic carbocycles. The minimum absolute atomic E-state index is 0.00467. The molecule has 0 aromatic heterocycles. The standard InChI is InChI=1S/C37H70O4/c1-3-4-5-6-7-8-9-10-12-16-19-22-25-28-31-34-37(39)41-35-32-29-26-23-20-17-14-11-13-15-18-21-24-27-30-33-36(38)40-2/h11,13H,3-10,12,14-35H2,1-2H3. The highest BCUT2D eigenvalue weighted by atomic mass is 16.5. The molecule has 0 amide bonds. The van der Waals surface area contributed by atoms with E-state index in [9.17, 15) is 9.59 Å². The van der Waals surface area contributed by atoms with E-state index >= 15 is 0 Å². The van der Waals surface area contributed by atoms with Gasteiger partial charge in [-0.25, -0.2) is 0 Å². The summed E-state index contributed by atoms with van der Waals surface area (Å²) < 4.78 is 10.1. The Hall–Kier alpha value is -1.32. The van der Waals surface area contributed by atoms with Gasteiger partial charge in [-0.1, -0.05) is 154 Å². The summed E-state index contributed by atoms with van der Waals surface area (Å²) in [6, 6.07) is 0. The van der Waals surface area contributed by atoms with E-state index in [-0.39, 0.29) is 11.9 Å². The fourth-order valence-electron chi connectivity index (χ4n) is 5.37. The molecule has 0 saturated heterocycles. The van der Waals surface area contributed by atoms with Crippen molar-refractivity contribution in [3.8, 4) is 0 Å². The van der Waals surface area contributed by atoms with E-state index < -0.39 is 0 Å². The number of allylic oxidation sites excluding steroid dienone is 2. The van der Waals surface area contributed by atoms with Crippen LogP contribution in [0.15, 0.2) is 12.2 Å². The van der Waals surface area contributed by atoms with E-state index in [0.717, 1.165) is 25.7 Å². The van der Waals surface area contributed by atoms with Crippen molar-refractivity contribution in [2.24, 2.45) is 0 Å². The van der Waals surface area contributed by atoms with Gasteiger partial charge in [-0.05, 0) is 44.9 Å². The average molecular weight is 579 g/mol. The Morgan fingerprint density at radius 2 is 0.780 bits per heavy atom. The van der Waals surface area contributed by atoms with Crippen molar-refractivity contribution < 1.29 is 19.1 Å². The Labute approximate surface area is 256 Å². The molecule has 0 fully saturated rings. The lowest BCUT2D eigenvalue weighted by Crippen LogP contribution is -2.05. The Morgan fingerprint density at radius 3 is 1.20 bits per heavy atom. The molecule has 4 nitrogen and oxygen atoms in total. The lowest BCUT2D eigenvalue weighted by Gasteiger charge is -2.05. The van der Waals surface area contributed by atoms with Crippen LogP contribution in [0.3, 0.4) is 0 Å². The molecule has 0 aliphatic heterocycles. The summed E-state index contributed by atoms with van der Waals surface area (Å²) >= 11 is 0. The number of methoxy groups -OCH3 is 1. The van der Waals surface area contributed by atoms with Gasteiger partial charge >= 0.3 is 11.9 Å². The lowest BCUT2D eigenvalue weighted by atomic mass is 10.0. The molecule has 41 heavy (non-hydrogen) atoms. The van der Waals surface area contributed by atoms with Gasteiger partial charge in [-0.2, -0.15) is 0 Å². The molecule has 0 N–H and O–H groups in total. The van der Waals surface area contributed by atoms with E-state index in [1.165, 1.54) is 161 Å². The van der Waals surface area contributed by atoms with Crippen LogP contribution in [0.25, 0.3) is 0 Å². The zero-order chi connectivity index (χ0) is 29.9. The maximum atomic E-state index is 11.9. The second kappa shape index (κ2) is 34.9. The Balaban J connectivity index is 3.21. The number of unbranched alkanes of at least 4 members (excludes halogenated alkanes) is 25. The van der Waals surface area contributed by atoms with Crippen molar-refractivity contribution in [3.63, 3.8) is 0 Å². The molecule has 0 radical (unpaired) electrons. The molecule has 0 bridgehead atoms. The monoisotopic (exact) mass is 579 g/mol. The van der Waals surface area contributed by atoms with Gasteiger partial charge in [0, 0.05) is 12.8 Å². The Bertz CT molecular complexity index is 571. The summed E-state index contributed by atoms with van der Waals surface area (Å²) in [5.74, 6) is -0.0839. The number of esters is 2. The molecule has 4 heteroatoms. The summed E-state index contributed by atoms with van der Waals surface area (Å²) in [7, 11) is 1.46. The normalized spacial score (nSPS) is 11.4. The number of carbonyl (C=O) groups excluding carboxylic acids is 2. The first-order valence-corrected chi connectivity index (χ1v) is 18.1. The quantitative estimate of drug-likeness (QED) is 0.0441. The van der Waals surface area contributed by atoms with E-state index in [0.29, 0.717) is 19.4 Å². The molecule has 0 atom stereocenters. The third-order valence-electron chi connectivity index (χ3n) is 8.16. The van der Waals surface area contributed by atoms with Gasteiger partial charge in [-0.3, -0.25) is 9.59 Å². The summed E-state index contributed by atoms with van der Waals surface area (Å²) in [5, 5.41) is 0. The molecule has 0 aliphatic rings. The van der Waals surface area contributed by atoms with Gasteiger partial charge in [-0.15, -0.1) is 0 Å². The van der Waals surface area contributed by atoms with E-state index in [4.69, 9.17) is 4.74 Å². The third kappa shape index (κ3) is 34.8. The SMILES string of the molecule is CCCCCCCCCCCCCCCCCC(=O)OCCCCCCCCC=CCCCCCCCC(=O)OC. The molecule has 0 rings (SSSR count). The van der Waals surface area contributed by atoms with Crippen molar-refractivity contribution >= 4 is 11.9 Å². The summed E-state index contributed by atoms with van der Waals surface area (Å²) in [6.45, 7) is 2.89. The highest BCUT2D eigenvalue weighted by molar-refractivity contribution is 5.69. The predicted octanol–water partition coefficient (Wildman–Crippen LogP) is 12.0. The molecule has 0 unspecified atom stereocenters. The predicted molar refractivity (Wildman–Crippen MR) is 176 cm³/mol. The lowest BCUT2D eigenvalue weighted by molar-refractivity contribution is -0.144. The van der Waals surface area contributed by atoms with Crippen molar-refractivity contribution in [2.45, 2.75) is 200 Å². The van der Waals surface area contributed by atoms with Gasteiger partial charge in [0.2, 0.25) is 0 Å². The van der Waals surface area contributed by atoms with E-state index in [1.807, 2.05) is 0 Å². The van der Waals surface area contributed by atoms with Crippen LogP contribution in [-0.4, -0.2) is 25.7 Å². The van der Waals surface area contributed by atoms with Crippen LogP contribution >= 0.6 is 0 Å². The first-order valence-electron chi connectivity index (χ1n) is 18.1. The Kier molecular flexibility index (Phi) is 33.8. The highest BCUT2D eigenvalue weighted by Gasteiger charge is 2.03. The second-order valence-electron chi connectivity index (χ2n) is 12.2. The number of carbonyl (C=O) groups is 2. The molecular formula is C37H70O4. The zero-order valence-corrected chi connectivity index (χ0v) is 27.7. The zero-order valence-electron chi connectivity index (χ0n) is 27.7. The second-order valence-corrected chi connectivity index (χ2v) is 12.2. The van der Waals surface area contributed by atoms with Crippen molar-refractivity contribution in [1.82, 2.24) is 0 Å². The van der Waals surface area contributed by atoms with E-state index in [2.05, 4.69) is 23.8 Å². The number of rotatable bonds is 33. The Morgan fingerprint density at radius 1 is 0.439 bits per heavy atom. The van der Waals surface area contributed by atoms with Gasteiger partial charge in [0.1, 0.15) is 0 Å². The van der Waals surface area contributed by atoms with Crippen LogP contribution in [0.1, 0.15) is 200 Å². The van der Waals surface area contributed by atoms with Crippen LogP contribution in [0, 0.1) is 0 Å². The van der Waals surface area contributed by atoms with Crippen molar-refractivity contribution in [2.75, 3.05) is 13.7 Å². The molecule has 0 aromatic rings. The first-order chi connectivity index (χ1) is 20.2. The molecular weight excluding hydrogens is 508 g/mol. The van der Waals surface area contributed by atoms with Crippen LogP contribution in [-0.2, 0) is 19.1 Å². The number of hydrogen-bond donors (Lipinski definition) is 0. The molecule has 0 saturated carbocycles. The van der Waals surface area contributed by atoms with Crippen LogP contribution < -0.4 is 0 Å². The van der Waals surface area contributed by atoms with Crippen LogP contribution in [0.5, 0.6) is 0 Å². The molecule has 0 heterocycles. The topological polar surface area (TPSA) is 52.6 Å². The smallest absolute Gasteiger partial charge is 0.305 e. The maximum Gasteiger partial charge on any atom is 0.305 e. The van der Waals surface area contributed by atoms with Crippen LogP contribution in [0.4, 0.5) is 0 Å². The third-order valence-corrected chi connectivity index (χ3v) is 8.16. The minimum Gasteiger partial charge on any atom is -0.469 e. The number of hydrogen-bond acceptors (Lipinski definition) is 4. The van der Waals surface area contributed by atoms with Gasteiger partial charge in [0.05, 0.1) is 13.7 Å². The fourth-order valence-corrected chi connectivity index (χ4v) is 5.37. The van der Waals surface area contributed by atoms with Gasteiger partial charge in [0.15, 0.2) is 0 Å². The van der Waals surface area contributed by atoms with Crippen LogP contribution in [0.2, 0.25) is 0 Å². The molecule has 0 spiro atoms. The summed E-state index contributed by atoms with van der Waals surface area (Å²) in [4.78, 5) is 23.0. The summed E-state index contributed by atoms with van der Waals surface area (Å²) in [6.07, 6.45) is 41.5. The minimum atomic E-state index is -0.0886. The van der Waals surface area contributed by atoms with Crippen molar-refractivity contribution in [3.05, 3.63) is 12.2 Å². The maximum absolute atomic E-state index is 11.9. The molecule has 242 valence electrons. The van der Waals surface area contributed by atoms with Gasteiger partial charge in [0.25, 0.3) is 0 Å². The average Bonchev–Trinajstić information content (AvgIpc) is 2.98. The van der Waals surface area contributed by atoms with Crippen molar-refractivity contribution in [1.29, 1.82) is 0 Å². The summed E-state index contributed by atoms with van der Waals surface area (Å²) in [5.41, 5.74) is 0. The number of ether oxygens (including phenoxy) is 2. The fraction of sp³-hybridized carbons (Fsp3) is 0.892. The van der Waals surface area contributed by atoms with Gasteiger partial charge < -0.3 is 9.47 Å². The first kappa shape index (κ1) is 39.7. The highest BCUT2D eigenvalue weighted by Crippen LogP contribution is 2.14. The largest absolute Gasteiger partial charge is 0.469 e. The van der Waals surface area contributed by atoms with E-state index in [1.54, 1.807) is 0 Å².